The molecule has 1 aliphatic heterocycles. The molecule has 2 aromatic heterocycles. The number of hydrogen-bond donors (Lipinski definition) is 0. The molecule has 6 aromatic carbocycles. The molecule has 0 aliphatic carbocycles. The third-order valence-corrected chi connectivity index (χ3v) is 14.7. The van der Waals surface area contributed by atoms with Crippen molar-refractivity contribution in [3.8, 4) is 34.5 Å². The number of hydrogen-bond acceptors (Lipinski definition) is 3. The van der Waals surface area contributed by atoms with Crippen LogP contribution in [0, 0.1) is 11.3 Å². The minimum absolute atomic E-state index is 0.0565. The van der Waals surface area contributed by atoms with Gasteiger partial charge in [0, 0.05) is 47.3 Å². The largest absolute Gasteiger partial charge is 0.503 e. The third kappa shape index (κ3) is 8.25. The summed E-state index contributed by atoms with van der Waals surface area (Å²) in [5.74, 6) is 2.22. The summed E-state index contributed by atoms with van der Waals surface area (Å²) in [6.45, 7) is 27.6. The molecule has 0 atom stereocenters. The third-order valence-electron chi connectivity index (χ3n) is 12.6. The zero-order chi connectivity index (χ0) is 46.2. The van der Waals surface area contributed by atoms with Crippen molar-refractivity contribution in [2.75, 3.05) is 0 Å². The van der Waals surface area contributed by atoms with Crippen molar-refractivity contribution in [2.24, 2.45) is 0 Å². The zero-order valence-corrected chi connectivity index (χ0v) is 40.9. The average molecular weight is 870 g/mol. The van der Waals surface area contributed by atoms with E-state index < -0.39 is 8.07 Å². The molecule has 0 saturated carbocycles. The highest BCUT2D eigenvalue weighted by atomic mass is 28.3. The molecule has 65 heavy (non-hydrogen) atoms. The molecule has 0 spiro atoms. The Morgan fingerprint density at radius 1 is 0.600 bits per heavy atom. The lowest BCUT2D eigenvalue weighted by Gasteiger charge is -2.24. The fourth-order valence-corrected chi connectivity index (χ4v) is 9.92. The second-order valence-electron chi connectivity index (χ2n) is 21.7. The molecule has 0 N–H and O–H groups in total. The van der Waals surface area contributed by atoms with Crippen LogP contribution >= 0.6 is 0 Å². The van der Waals surface area contributed by atoms with Gasteiger partial charge in [0.2, 0.25) is 11.4 Å². The normalized spacial score (nSPS) is 13.2. The molecule has 0 bridgehead atoms. The van der Waals surface area contributed by atoms with Crippen LogP contribution < -0.4 is 19.1 Å². The summed E-state index contributed by atoms with van der Waals surface area (Å²) in [6, 6.07) is 53.6. The van der Waals surface area contributed by atoms with Crippen LogP contribution in [0.25, 0.3) is 38.8 Å². The van der Waals surface area contributed by atoms with Crippen molar-refractivity contribution >= 4 is 63.8 Å². The van der Waals surface area contributed by atoms with Crippen molar-refractivity contribution in [3.63, 3.8) is 0 Å². The zero-order valence-electron chi connectivity index (χ0n) is 39.9. The van der Waals surface area contributed by atoms with Crippen LogP contribution in [-0.2, 0) is 16.2 Å². The summed E-state index contributed by atoms with van der Waals surface area (Å²) in [5, 5.41) is 13.3. The van der Waals surface area contributed by atoms with Gasteiger partial charge in [-0.3, -0.25) is 4.57 Å². The lowest BCUT2D eigenvalue weighted by molar-refractivity contribution is 0.483. The number of aromatic nitrogens is 2. The number of rotatable bonds is 7. The van der Waals surface area contributed by atoms with Crippen molar-refractivity contribution in [1.82, 2.24) is 18.7 Å². The molecular weight excluding hydrogens is 811 g/mol. The number of ether oxygens (including phenoxy) is 1. The van der Waals surface area contributed by atoms with E-state index in [1.54, 1.807) is 0 Å². The Hall–Kier alpha value is -6.84. The first-order valence-corrected chi connectivity index (χ1v) is 26.2. The first-order chi connectivity index (χ1) is 30.7. The van der Waals surface area contributed by atoms with Gasteiger partial charge >= 0.3 is 11.7 Å². The van der Waals surface area contributed by atoms with Gasteiger partial charge in [0.05, 0.1) is 42.4 Å². The lowest BCUT2D eigenvalue weighted by Crippen LogP contribution is -2.37. The van der Waals surface area contributed by atoms with Crippen LogP contribution in [0.5, 0.6) is 11.5 Å². The summed E-state index contributed by atoms with van der Waals surface area (Å²) in [6.07, 6.45) is 1.88. The van der Waals surface area contributed by atoms with Gasteiger partial charge in [-0.1, -0.05) is 130 Å². The molecule has 1 aliphatic rings. The fraction of sp³-hybridized carbons (Fsp3) is 0.259. The SMILES string of the molecule is CC(C)(C)c1cc([N+]2=C=[N+](c3cccc(Oc4ccc5c6cc(C#N)ccc6n(-c6cc(C(C)(C)C)ccn6)c5c4)c3)c3cccc(-c4cccc([Si](C)(C)C)c4)c32)cc(C(C)(C)C)c1. The van der Waals surface area contributed by atoms with Crippen molar-refractivity contribution in [3.05, 3.63) is 162 Å². The highest BCUT2D eigenvalue weighted by molar-refractivity contribution is 6.88. The molecule has 6 nitrogen and oxygen atoms in total. The van der Waals surface area contributed by atoms with Gasteiger partial charge in [-0.25, -0.2) is 4.98 Å². The van der Waals surface area contributed by atoms with E-state index in [0.29, 0.717) is 17.1 Å². The maximum absolute atomic E-state index is 9.84. The van der Waals surface area contributed by atoms with Gasteiger partial charge in [-0.15, -0.1) is 0 Å². The van der Waals surface area contributed by atoms with E-state index in [1.165, 1.54) is 27.4 Å². The Morgan fingerprint density at radius 2 is 1.29 bits per heavy atom. The molecular formula is C58H59N5OSi+2. The number of nitriles is 1. The van der Waals surface area contributed by atoms with E-state index in [9.17, 15) is 5.26 Å². The number of pyridine rings is 1. The van der Waals surface area contributed by atoms with Gasteiger partial charge in [0.1, 0.15) is 17.3 Å². The van der Waals surface area contributed by atoms with Gasteiger partial charge in [0.25, 0.3) is 5.69 Å². The first kappa shape index (κ1) is 43.4. The summed E-state index contributed by atoms with van der Waals surface area (Å²) in [7, 11) is -1.59. The summed E-state index contributed by atoms with van der Waals surface area (Å²) >= 11 is 0. The molecule has 0 radical (unpaired) electrons. The van der Waals surface area contributed by atoms with E-state index in [1.807, 2.05) is 36.5 Å². The van der Waals surface area contributed by atoms with Crippen LogP contribution in [0.15, 0.2) is 140 Å². The Kier molecular flexibility index (Phi) is 10.5. The number of benzene rings is 6. The van der Waals surface area contributed by atoms with Crippen LogP contribution in [0.1, 0.15) is 84.6 Å². The molecule has 324 valence electrons. The Bertz CT molecular complexity index is 3300. The second-order valence-corrected chi connectivity index (χ2v) is 26.7. The molecule has 0 unspecified atom stereocenters. The van der Waals surface area contributed by atoms with E-state index in [-0.39, 0.29) is 16.2 Å². The van der Waals surface area contributed by atoms with Crippen molar-refractivity contribution in [1.29, 1.82) is 5.26 Å². The minimum atomic E-state index is -1.59. The minimum Gasteiger partial charge on any atom is -0.457 e. The molecule has 3 heterocycles. The van der Waals surface area contributed by atoms with Gasteiger partial charge in [-0.05, 0) is 102 Å². The number of nitrogens with zero attached hydrogens (tertiary/aromatic N) is 5. The number of fused-ring (bicyclic) bond motifs is 4. The van der Waals surface area contributed by atoms with Crippen LogP contribution in [0.3, 0.4) is 0 Å². The Labute approximate surface area is 385 Å². The van der Waals surface area contributed by atoms with Crippen LogP contribution in [0.4, 0.5) is 22.7 Å². The monoisotopic (exact) mass is 869 g/mol. The van der Waals surface area contributed by atoms with Gasteiger partial charge in [-0.2, -0.15) is 5.26 Å². The van der Waals surface area contributed by atoms with Crippen LogP contribution in [0.2, 0.25) is 19.6 Å². The van der Waals surface area contributed by atoms with E-state index in [2.05, 4.69) is 211 Å². The summed E-state index contributed by atoms with van der Waals surface area (Å²) < 4.78 is 13.4. The molecule has 7 heteroatoms. The highest BCUT2D eigenvalue weighted by Gasteiger charge is 2.40. The van der Waals surface area contributed by atoms with E-state index in [4.69, 9.17) is 9.72 Å². The Balaban J connectivity index is 1.20. The molecule has 9 rings (SSSR count). The second kappa shape index (κ2) is 15.7. The quantitative estimate of drug-likeness (QED) is 0.118. The summed E-state index contributed by atoms with van der Waals surface area (Å²) in [5.41, 5.74) is 12.7. The maximum atomic E-state index is 9.84. The topological polar surface area (TPSA) is 56.9 Å². The average Bonchev–Trinajstić information content (AvgIpc) is 3.81. The first-order valence-electron chi connectivity index (χ1n) is 22.7. The number of para-hydroxylation sites is 1. The maximum Gasteiger partial charge on any atom is 0.503 e. The molecule has 0 amide bonds. The van der Waals surface area contributed by atoms with Crippen molar-refractivity contribution < 1.29 is 4.74 Å². The summed E-state index contributed by atoms with van der Waals surface area (Å²) in [4.78, 5) is 4.87. The van der Waals surface area contributed by atoms with Gasteiger partial charge in [0.15, 0.2) is 0 Å². The molecule has 0 fully saturated rings. The molecule has 0 saturated heterocycles. The van der Waals surface area contributed by atoms with Gasteiger partial charge < -0.3 is 4.74 Å². The predicted molar refractivity (Wildman–Crippen MR) is 275 cm³/mol. The smallest absolute Gasteiger partial charge is 0.457 e. The fourth-order valence-electron chi connectivity index (χ4n) is 8.74. The Morgan fingerprint density at radius 3 is 1.98 bits per heavy atom. The lowest BCUT2D eigenvalue weighted by atomic mass is 9.80. The predicted octanol–water partition coefficient (Wildman–Crippen LogP) is 14.8. The highest BCUT2D eigenvalue weighted by Crippen LogP contribution is 2.45. The van der Waals surface area contributed by atoms with Crippen LogP contribution in [-0.4, -0.2) is 23.6 Å². The van der Waals surface area contributed by atoms with Crippen molar-refractivity contribution in [2.45, 2.75) is 98.2 Å². The molecule has 8 aromatic rings. The van der Waals surface area contributed by atoms with E-state index in [0.717, 1.165) is 55.9 Å². The van der Waals surface area contributed by atoms with E-state index >= 15 is 0 Å². The standard InChI is InChI=1S/C58H59N5OSi/c1-56(2,3)40-26-27-60-54(33-40)63-51-25-22-38(36-59)28-50(51)49-24-23-46(35-53(49)63)64-45-18-14-17-43(34-45)61-37-62(44-31-41(57(4,5)6)30-42(32-44)58(7,8)9)55-48(20-15-21-52(55)61)39-16-13-19-47(29-39)65(10,11)12/h13-35H,1-12H3/q+2.